The standard InChI is InChI=1S/C24H22N2O4S/c1-3-29-17-9-11-18(12-10-17)30-21-7-5-4-6-19(21)25-24(28)16-8-13-22-20(14-16)26-23(27)15(2)31-22/h4-15H,3H2,1-2H3,(H,25,28)(H,26,27)/t15-/m1/s1. The summed E-state index contributed by atoms with van der Waals surface area (Å²) in [4.78, 5) is 25.8. The summed E-state index contributed by atoms with van der Waals surface area (Å²) < 4.78 is 11.4. The molecule has 0 unspecified atom stereocenters. The Bertz CT molecular complexity index is 1110. The Kier molecular flexibility index (Phi) is 6.13. The molecule has 2 amide bonds. The van der Waals surface area contributed by atoms with Crippen LogP contribution in [-0.4, -0.2) is 23.7 Å². The number of nitrogens with one attached hydrogen (secondary N) is 2. The third kappa shape index (κ3) is 4.83. The van der Waals surface area contributed by atoms with Crippen LogP contribution in [0.25, 0.3) is 0 Å². The van der Waals surface area contributed by atoms with Crippen molar-refractivity contribution in [3.63, 3.8) is 0 Å². The highest BCUT2D eigenvalue weighted by molar-refractivity contribution is 8.00. The number of amides is 2. The molecule has 0 aliphatic carbocycles. The van der Waals surface area contributed by atoms with Gasteiger partial charge in [-0.05, 0) is 68.4 Å². The molecule has 158 valence electrons. The van der Waals surface area contributed by atoms with Crippen LogP contribution in [0, 0.1) is 0 Å². The van der Waals surface area contributed by atoms with Gasteiger partial charge < -0.3 is 20.1 Å². The molecule has 0 radical (unpaired) electrons. The maximum absolute atomic E-state index is 12.9. The molecule has 0 fully saturated rings. The summed E-state index contributed by atoms with van der Waals surface area (Å²) in [5.41, 5.74) is 1.65. The first-order chi connectivity index (χ1) is 15.0. The van der Waals surface area contributed by atoms with Gasteiger partial charge in [-0.2, -0.15) is 0 Å². The van der Waals surface area contributed by atoms with E-state index in [-0.39, 0.29) is 17.1 Å². The molecule has 0 bridgehead atoms. The molecule has 1 aliphatic rings. The second kappa shape index (κ2) is 9.14. The van der Waals surface area contributed by atoms with Gasteiger partial charge in [0, 0.05) is 10.5 Å². The Balaban J connectivity index is 1.50. The van der Waals surface area contributed by atoms with Crippen molar-refractivity contribution in [1.29, 1.82) is 0 Å². The van der Waals surface area contributed by atoms with Crippen LogP contribution in [0.5, 0.6) is 17.2 Å². The van der Waals surface area contributed by atoms with Gasteiger partial charge in [0.05, 0.1) is 23.2 Å². The van der Waals surface area contributed by atoms with Gasteiger partial charge in [0.15, 0.2) is 5.75 Å². The molecular formula is C24H22N2O4S. The molecule has 0 aromatic heterocycles. The first-order valence-electron chi connectivity index (χ1n) is 9.96. The predicted molar refractivity (Wildman–Crippen MR) is 122 cm³/mol. The van der Waals surface area contributed by atoms with Crippen LogP contribution in [-0.2, 0) is 4.79 Å². The van der Waals surface area contributed by atoms with Crippen molar-refractivity contribution in [3.05, 3.63) is 72.3 Å². The maximum Gasteiger partial charge on any atom is 0.255 e. The molecule has 3 aromatic rings. The molecular weight excluding hydrogens is 412 g/mol. The number of anilines is 2. The lowest BCUT2D eigenvalue weighted by Gasteiger charge is -2.21. The Morgan fingerprint density at radius 3 is 2.58 bits per heavy atom. The van der Waals surface area contributed by atoms with Crippen LogP contribution in [0.2, 0.25) is 0 Å². The van der Waals surface area contributed by atoms with Crippen molar-refractivity contribution in [2.75, 3.05) is 17.2 Å². The fourth-order valence-corrected chi connectivity index (χ4v) is 4.03. The SMILES string of the molecule is CCOc1ccc(Oc2ccccc2NC(=O)c2ccc3c(c2)NC(=O)[C@@H](C)S3)cc1. The van der Waals surface area contributed by atoms with Gasteiger partial charge in [0.25, 0.3) is 5.91 Å². The first-order valence-corrected chi connectivity index (χ1v) is 10.8. The van der Waals surface area contributed by atoms with Crippen LogP contribution in [0.4, 0.5) is 11.4 Å². The number of rotatable bonds is 6. The number of ether oxygens (including phenoxy) is 2. The van der Waals surface area contributed by atoms with Gasteiger partial charge >= 0.3 is 0 Å². The third-order valence-electron chi connectivity index (χ3n) is 4.67. The van der Waals surface area contributed by atoms with E-state index in [2.05, 4.69) is 10.6 Å². The number of thioether (sulfide) groups is 1. The van der Waals surface area contributed by atoms with Crippen molar-refractivity contribution >= 4 is 35.0 Å². The van der Waals surface area contributed by atoms with Gasteiger partial charge in [0.1, 0.15) is 11.5 Å². The lowest BCUT2D eigenvalue weighted by molar-refractivity contribution is -0.115. The zero-order valence-corrected chi connectivity index (χ0v) is 18.0. The summed E-state index contributed by atoms with van der Waals surface area (Å²) in [6.45, 7) is 4.38. The Hall–Kier alpha value is -3.45. The van der Waals surface area contributed by atoms with E-state index in [1.165, 1.54) is 11.8 Å². The van der Waals surface area contributed by atoms with Crippen molar-refractivity contribution < 1.29 is 19.1 Å². The molecule has 0 saturated heterocycles. The van der Waals surface area contributed by atoms with E-state index in [9.17, 15) is 9.59 Å². The predicted octanol–water partition coefficient (Wildman–Crippen LogP) is 5.56. The molecule has 0 spiro atoms. The smallest absolute Gasteiger partial charge is 0.255 e. The molecule has 1 atom stereocenters. The summed E-state index contributed by atoms with van der Waals surface area (Å²) in [6.07, 6.45) is 0. The lowest BCUT2D eigenvalue weighted by Crippen LogP contribution is -2.26. The number of benzene rings is 3. The summed E-state index contributed by atoms with van der Waals surface area (Å²) in [5.74, 6) is 1.57. The fourth-order valence-electron chi connectivity index (χ4n) is 3.10. The number of carbonyl (C=O) groups is 2. The number of hydrogen-bond acceptors (Lipinski definition) is 5. The van der Waals surface area contributed by atoms with Crippen LogP contribution < -0.4 is 20.1 Å². The van der Waals surface area contributed by atoms with E-state index in [0.717, 1.165) is 10.6 Å². The van der Waals surface area contributed by atoms with E-state index in [4.69, 9.17) is 9.47 Å². The highest BCUT2D eigenvalue weighted by atomic mass is 32.2. The van der Waals surface area contributed by atoms with E-state index in [1.54, 1.807) is 24.3 Å². The van der Waals surface area contributed by atoms with E-state index < -0.39 is 0 Å². The van der Waals surface area contributed by atoms with Gasteiger partial charge in [-0.15, -0.1) is 11.8 Å². The van der Waals surface area contributed by atoms with Gasteiger partial charge in [0.2, 0.25) is 5.91 Å². The molecule has 31 heavy (non-hydrogen) atoms. The van der Waals surface area contributed by atoms with Crippen molar-refractivity contribution in [3.8, 4) is 17.2 Å². The Morgan fingerprint density at radius 2 is 1.81 bits per heavy atom. The van der Waals surface area contributed by atoms with Crippen LogP contribution in [0.3, 0.4) is 0 Å². The molecule has 1 heterocycles. The van der Waals surface area contributed by atoms with Crippen molar-refractivity contribution in [2.45, 2.75) is 24.0 Å². The average molecular weight is 435 g/mol. The van der Waals surface area contributed by atoms with E-state index >= 15 is 0 Å². The first kappa shape index (κ1) is 20.8. The van der Waals surface area contributed by atoms with Crippen molar-refractivity contribution in [2.24, 2.45) is 0 Å². The number of hydrogen-bond donors (Lipinski definition) is 2. The normalized spacial score (nSPS) is 14.9. The second-order valence-corrected chi connectivity index (χ2v) is 8.30. The highest BCUT2D eigenvalue weighted by Crippen LogP contribution is 2.36. The van der Waals surface area contributed by atoms with Gasteiger partial charge in [-0.1, -0.05) is 12.1 Å². The quantitative estimate of drug-likeness (QED) is 0.531. The summed E-state index contributed by atoms with van der Waals surface area (Å²) in [6, 6.07) is 19.8. The van der Waals surface area contributed by atoms with Crippen molar-refractivity contribution in [1.82, 2.24) is 0 Å². The Morgan fingerprint density at radius 1 is 1.06 bits per heavy atom. The van der Waals surface area contributed by atoms with E-state index in [1.807, 2.05) is 56.3 Å². The number of carbonyl (C=O) groups excluding carboxylic acids is 2. The lowest BCUT2D eigenvalue weighted by atomic mass is 10.1. The number of fused-ring (bicyclic) bond motifs is 1. The minimum atomic E-state index is -0.289. The highest BCUT2D eigenvalue weighted by Gasteiger charge is 2.24. The van der Waals surface area contributed by atoms with Crippen LogP contribution >= 0.6 is 11.8 Å². The molecule has 7 heteroatoms. The molecule has 2 N–H and O–H groups in total. The summed E-state index contributed by atoms with van der Waals surface area (Å²) >= 11 is 1.48. The zero-order valence-electron chi connectivity index (χ0n) is 17.2. The minimum Gasteiger partial charge on any atom is -0.494 e. The summed E-state index contributed by atoms with van der Waals surface area (Å²) in [7, 11) is 0. The molecule has 1 aliphatic heterocycles. The van der Waals surface area contributed by atoms with Gasteiger partial charge in [-0.25, -0.2) is 0 Å². The van der Waals surface area contributed by atoms with Crippen LogP contribution in [0.15, 0.2) is 71.6 Å². The molecule has 6 nitrogen and oxygen atoms in total. The molecule has 4 rings (SSSR count). The van der Waals surface area contributed by atoms with E-state index in [0.29, 0.717) is 35.0 Å². The largest absolute Gasteiger partial charge is 0.494 e. The average Bonchev–Trinajstić information content (AvgIpc) is 2.77. The van der Waals surface area contributed by atoms with Gasteiger partial charge in [-0.3, -0.25) is 9.59 Å². The fraction of sp³-hybridized carbons (Fsp3) is 0.167. The summed E-state index contributed by atoms with van der Waals surface area (Å²) in [5, 5.41) is 5.60. The zero-order chi connectivity index (χ0) is 21.8. The minimum absolute atomic E-state index is 0.0656. The molecule has 0 saturated carbocycles. The maximum atomic E-state index is 12.9. The topological polar surface area (TPSA) is 76.7 Å². The molecule has 3 aromatic carbocycles. The Labute approximate surface area is 185 Å². The number of para-hydroxylation sites is 2. The monoisotopic (exact) mass is 434 g/mol. The third-order valence-corrected chi connectivity index (χ3v) is 5.85. The second-order valence-electron chi connectivity index (χ2n) is 6.92. The van der Waals surface area contributed by atoms with Crippen LogP contribution in [0.1, 0.15) is 24.2 Å².